The largest absolute Gasteiger partial charge is 0.493 e. The predicted octanol–water partition coefficient (Wildman–Crippen LogP) is 2.75. The molecule has 0 aliphatic rings. The average molecular weight is 401 g/mol. The third kappa shape index (κ3) is 5.54. The molecule has 1 unspecified atom stereocenters. The molecule has 0 spiro atoms. The fourth-order valence-electron chi connectivity index (χ4n) is 2.65. The lowest BCUT2D eigenvalue weighted by Crippen LogP contribution is -2.48. The standard InChI is InChI=1S/C21H24FN3O4/c1-13(2)18(24-20(26)15-9-5-6-10-16(15)22)21(27)25-23-12-14-8-7-11-17(28-3)19(14)29-4/h5-13,18H,1-4H3,(H,24,26)(H,25,27)/b23-12+. The highest BCUT2D eigenvalue weighted by Crippen LogP contribution is 2.29. The highest BCUT2D eigenvalue weighted by atomic mass is 19.1. The number of amides is 2. The number of benzene rings is 2. The number of nitrogens with one attached hydrogen (secondary N) is 2. The minimum Gasteiger partial charge on any atom is -0.493 e. The molecule has 0 bridgehead atoms. The first-order chi connectivity index (χ1) is 13.9. The zero-order valence-electron chi connectivity index (χ0n) is 16.7. The molecule has 29 heavy (non-hydrogen) atoms. The summed E-state index contributed by atoms with van der Waals surface area (Å²) in [4.78, 5) is 24.8. The van der Waals surface area contributed by atoms with Gasteiger partial charge in [0.2, 0.25) is 0 Å². The molecule has 2 aromatic carbocycles. The number of methoxy groups -OCH3 is 2. The number of carbonyl (C=O) groups is 2. The first kappa shape index (κ1) is 21.9. The highest BCUT2D eigenvalue weighted by Gasteiger charge is 2.25. The maximum atomic E-state index is 13.8. The van der Waals surface area contributed by atoms with Crippen LogP contribution in [0.2, 0.25) is 0 Å². The molecular formula is C21H24FN3O4. The van der Waals surface area contributed by atoms with Gasteiger partial charge in [0.1, 0.15) is 11.9 Å². The maximum Gasteiger partial charge on any atom is 0.262 e. The first-order valence-corrected chi connectivity index (χ1v) is 8.98. The van der Waals surface area contributed by atoms with Gasteiger partial charge >= 0.3 is 0 Å². The van der Waals surface area contributed by atoms with E-state index in [0.717, 1.165) is 0 Å². The number of para-hydroxylation sites is 1. The molecule has 2 N–H and O–H groups in total. The minimum absolute atomic E-state index is 0.129. The predicted molar refractivity (Wildman–Crippen MR) is 108 cm³/mol. The number of hydrogen-bond donors (Lipinski definition) is 2. The molecule has 7 nitrogen and oxygen atoms in total. The highest BCUT2D eigenvalue weighted by molar-refractivity contribution is 5.98. The van der Waals surface area contributed by atoms with E-state index < -0.39 is 23.7 Å². The second-order valence-electron chi connectivity index (χ2n) is 6.49. The second kappa shape index (κ2) is 10.2. The third-order valence-electron chi connectivity index (χ3n) is 4.17. The van der Waals surface area contributed by atoms with Crippen molar-refractivity contribution in [1.29, 1.82) is 0 Å². The van der Waals surface area contributed by atoms with Crippen LogP contribution in [0.4, 0.5) is 4.39 Å². The Morgan fingerprint density at radius 3 is 2.41 bits per heavy atom. The molecule has 2 aromatic rings. The van der Waals surface area contributed by atoms with Crippen LogP contribution in [0.25, 0.3) is 0 Å². The van der Waals surface area contributed by atoms with Crippen molar-refractivity contribution in [1.82, 2.24) is 10.7 Å². The van der Waals surface area contributed by atoms with E-state index in [1.165, 1.54) is 38.6 Å². The van der Waals surface area contributed by atoms with Crippen molar-refractivity contribution < 1.29 is 23.5 Å². The minimum atomic E-state index is -0.897. The number of rotatable bonds is 8. The fraction of sp³-hybridized carbons (Fsp3) is 0.286. The van der Waals surface area contributed by atoms with Gasteiger partial charge in [-0.15, -0.1) is 0 Å². The summed E-state index contributed by atoms with van der Waals surface area (Å²) in [6.45, 7) is 3.53. The van der Waals surface area contributed by atoms with Gasteiger partial charge in [-0.05, 0) is 30.2 Å². The van der Waals surface area contributed by atoms with Crippen LogP contribution in [0, 0.1) is 11.7 Å². The summed E-state index contributed by atoms with van der Waals surface area (Å²) in [5.41, 5.74) is 2.87. The Hall–Kier alpha value is -3.42. The molecule has 2 rings (SSSR count). The van der Waals surface area contributed by atoms with Gasteiger partial charge in [-0.1, -0.05) is 32.0 Å². The molecule has 0 aliphatic heterocycles. The Balaban J connectivity index is 2.10. The van der Waals surface area contributed by atoms with Crippen molar-refractivity contribution in [3.63, 3.8) is 0 Å². The van der Waals surface area contributed by atoms with E-state index in [0.29, 0.717) is 17.1 Å². The third-order valence-corrected chi connectivity index (χ3v) is 4.17. The lowest BCUT2D eigenvalue weighted by atomic mass is 10.0. The smallest absolute Gasteiger partial charge is 0.262 e. The molecule has 0 saturated carbocycles. The summed E-state index contributed by atoms with van der Waals surface area (Å²) >= 11 is 0. The van der Waals surface area contributed by atoms with Gasteiger partial charge in [-0.25, -0.2) is 9.82 Å². The molecular weight excluding hydrogens is 377 g/mol. The molecule has 0 aliphatic carbocycles. The van der Waals surface area contributed by atoms with E-state index in [4.69, 9.17) is 9.47 Å². The molecule has 0 saturated heterocycles. The summed E-state index contributed by atoms with van der Waals surface area (Å²) in [5.74, 6) is -1.09. The van der Waals surface area contributed by atoms with Gasteiger partial charge in [0.05, 0.1) is 26.0 Å². The molecule has 0 fully saturated rings. The zero-order valence-corrected chi connectivity index (χ0v) is 16.7. The number of carbonyl (C=O) groups excluding carboxylic acids is 2. The summed E-state index contributed by atoms with van der Waals surface area (Å²) in [6, 6.07) is 9.92. The number of ether oxygens (including phenoxy) is 2. The van der Waals surface area contributed by atoms with Crippen molar-refractivity contribution in [2.45, 2.75) is 19.9 Å². The van der Waals surface area contributed by atoms with Crippen molar-refractivity contribution in [3.8, 4) is 11.5 Å². The average Bonchev–Trinajstić information content (AvgIpc) is 2.71. The van der Waals surface area contributed by atoms with Gasteiger partial charge in [-0.2, -0.15) is 5.10 Å². The second-order valence-corrected chi connectivity index (χ2v) is 6.49. The quantitative estimate of drug-likeness (QED) is 0.526. The molecule has 0 aromatic heterocycles. The Morgan fingerprint density at radius 2 is 1.79 bits per heavy atom. The van der Waals surface area contributed by atoms with Crippen LogP contribution in [0.15, 0.2) is 47.6 Å². The lowest BCUT2D eigenvalue weighted by Gasteiger charge is -2.20. The van der Waals surface area contributed by atoms with Crippen molar-refractivity contribution >= 4 is 18.0 Å². The van der Waals surface area contributed by atoms with Gasteiger partial charge in [0, 0.05) is 5.56 Å². The van der Waals surface area contributed by atoms with E-state index in [1.807, 2.05) is 0 Å². The van der Waals surface area contributed by atoms with Crippen molar-refractivity contribution in [3.05, 3.63) is 59.4 Å². The van der Waals surface area contributed by atoms with E-state index in [-0.39, 0.29) is 11.5 Å². The van der Waals surface area contributed by atoms with Crippen LogP contribution in [0.5, 0.6) is 11.5 Å². The topological polar surface area (TPSA) is 89.0 Å². The number of nitrogens with zero attached hydrogens (tertiary/aromatic N) is 1. The normalized spacial score (nSPS) is 11.9. The van der Waals surface area contributed by atoms with Crippen LogP contribution < -0.4 is 20.2 Å². The van der Waals surface area contributed by atoms with E-state index >= 15 is 0 Å². The van der Waals surface area contributed by atoms with Gasteiger partial charge < -0.3 is 14.8 Å². The van der Waals surface area contributed by atoms with Gasteiger partial charge in [0.25, 0.3) is 11.8 Å². The van der Waals surface area contributed by atoms with Crippen molar-refractivity contribution in [2.75, 3.05) is 14.2 Å². The van der Waals surface area contributed by atoms with E-state index in [1.54, 1.807) is 38.1 Å². The Kier molecular flexibility index (Phi) is 7.70. The zero-order chi connectivity index (χ0) is 21.4. The molecule has 154 valence electrons. The molecule has 0 radical (unpaired) electrons. The molecule has 1 atom stereocenters. The Labute approximate surface area is 168 Å². The van der Waals surface area contributed by atoms with Gasteiger partial charge in [0.15, 0.2) is 11.5 Å². The number of hydrazone groups is 1. The Bertz CT molecular complexity index is 899. The summed E-state index contributed by atoms with van der Waals surface area (Å²) < 4.78 is 24.3. The monoisotopic (exact) mass is 401 g/mol. The van der Waals surface area contributed by atoms with Crippen molar-refractivity contribution in [2.24, 2.45) is 11.0 Å². The number of hydrogen-bond acceptors (Lipinski definition) is 5. The van der Waals surface area contributed by atoms with Gasteiger partial charge in [-0.3, -0.25) is 9.59 Å². The fourth-order valence-corrected chi connectivity index (χ4v) is 2.65. The van der Waals surface area contributed by atoms with E-state index in [2.05, 4.69) is 15.8 Å². The van der Waals surface area contributed by atoms with Crippen LogP contribution in [0.3, 0.4) is 0 Å². The van der Waals surface area contributed by atoms with Crippen LogP contribution in [-0.2, 0) is 4.79 Å². The molecule has 0 heterocycles. The Morgan fingerprint density at radius 1 is 1.07 bits per heavy atom. The summed E-state index contributed by atoms with van der Waals surface area (Å²) in [5, 5.41) is 6.49. The summed E-state index contributed by atoms with van der Waals surface area (Å²) in [6.07, 6.45) is 1.41. The molecule has 2 amide bonds. The van der Waals surface area contributed by atoms with Crippen LogP contribution >= 0.6 is 0 Å². The number of halogens is 1. The lowest BCUT2D eigenvalue weighted by molar-refractivity contribution is -0.123. The molecule has 8 heteroatoms. The maximum absolute atomic E-state index is 13.8. The first-order valence-electron chi connectivity index (χ1n) is 8.98. The SMILES string of the molecule is COc1cccc(/C=N/NC(=O)C(NC(=O)c2ccccc2F)C(C)C)c1OC. The van der Waals surface area contributed by atoms with Crippen LogP contribution in [-0.4, -0.2) is 38.3 Å². The van der Waals surface area contributed by atoms with E-state index in [9.17, 15) is 14.0 Å². The van der Waals surface area contributed by atoms with Crippen LogP contribution in [0.1, 0.15) is 29.8 Å². The summed E-state index contributed by atoms with van der Waals surface area (Å²) in [7, 11) is 3.02.